The Bertz CT molecular complexity index is 435. The molecule has 0 aliphatic heterocycles. The van der Waals surface area contributed by atoms with Gasteiger partial charge in [0.1, 0.15) is 0 Å². The average molecular weight is 237 g/mol. The van der Waals surface area contributed by atoms with Gasteiger partial charge in [-0.15, -0.1) is 0 Å². The van der Waals surface area contributed by atoms with Gasteiger partial charge < -0.3 is 4.74 Å². The van der Waals surface area contributed by atoms with Crippen LogP contribution in [0.5, 0.6) is 0 Å². The molecule has 0 aliphatic carbocycles. The summed E-state index contributed by atoms with van der Waals surface area (Å²) in [6.07, 6.45) is 0. The zero-order valence-electron chi connectivity index (χ0n) is 9.50. The first kappa shape index (κ1) is 12.6. The number of halogens is 1. The molecule has 0 amide bonds. The molecule has 0 aliphatic rings. The van der Waals surface area contributed by atoms with E-state index in [9.17, 15) is 4.79 Å². The van der Waals surface area contributed by atoms with Gasteiger partial charge in [0.15, 0.2) is 5.60 Å². The monoisotopic (exact) mass is 236 g/mol. The van der Waals surface area contributed by atoms with Crippen LogP contribution in [-0.2, 0) is 9.53 Å². The first-order valence-corrected chi connectivity index (χ1v) is 5.25. The third kappa shape index (κ3) is 4.37. The summed E-state index contributed by atoms with van der Waals surface area (Å²) >= 11 is 5.75. The van der Waals surface area contributed by atoms with Crippen LogP contribution in [0.15, 0.2) is 24.3 Å². The van der Waals surface area contributed by atoms with Crippen LogP contribution in [-0.4, -0.2) is 11.6 Å². The molecule has 0 fully saturated rings. The van der Waals surface area contributed by atoms with E-state index in [2.05, 4.69) is 11.8 Å². The van der Waals surface area contributed by atoms with Crippen molar-refractivity contribution in [2.45, 2.75) is 26.4 Å². The topological polar surface area (TPSA) is 26.3 Å². The average Bonchev–Trinajstić information content (AvgIpc) is 2.15. The molecule has 0 saturated carbocycles. The lowest BCUT2D eigenvalue weighted by Gasteiger charge is -2.16. The standard InChI is InChI=1S/C13H13ClO2/c1-10(15)16-13(2,3)9-8-11-4-6-12(14)7-5-11/h4-7H,1-3H3. The quantitative estimate of drug-likeness (QED) is 0.554. The highest BCUT2D eigenvalue weighted by Gasteiger charge is 2.16. The van der Waals surface area contributed by atoms with E-state index < -0.39 is 5.60 Å². The van der Waals surface area contributed by atoms with Gasteiger partial charge in [-0.3, -0.25) is 4.79 Å². The highest BCUT2D eigenvalue weighted by atomic mass is 35.5. The van der Waals surface area contributed by atoms with E-state index in [4.69, 9.17) is 16.3 Å². The molecule has 1 rings (SSSR count). The SMILES string of the molecule is CC(=O)OC(C)(C)C#Cc1ccc(Cl)cc1. The highest BCUT2D eigenvalue weighted by Crippen LogP contribution is 2.10. The van der Waals surface area contributed by atoms with Crippen molar-refractivity contribution < 1.29 is 9.53 Å². The number of ether oxygens (including phenoxy) is 1. The number of esters is 1. The van der Waals surface area contributed by atoms with Crippen LogP contribution in [0.25, 0.3) is 0 Å². The summed E-state index contributed by atoms with van der Waals surface area (Å²) in [6, 6.07) is 7.17. The molecule has 1 aromatic carbocycles. The molecule has 0 bridgehead atoms. The molecule has 0 radical (unpaired) electrons. The molecule has 0 aromatic heterocycles. The third-order valence-corrected chi connectivity index (χ3v) is 2.00. The summed E-state index contributed by atoms with van der Waals surface area (Å²) < 4.78 is 5.04. The molecule has 2 nitrogen and oxygen atoms in total. The van der Waals surface area contributed by atoms with Crippen LogP contribution in [0.3, 0.4) is 0 Å². The summed E-state index contributed by atoms with van der Waals surface area (Å²) in [6.45, 7) is 4.86. The van der Waals surface area contributed by atoms with E-state index >= 15 is 0 Å². The number of carbonyl (C=O) groups excluding carboxylic acids is 1. The fraction of sp³-hybridized carbons (Fsp3) is 0.308. The number of carbonyl (C=O) groups is 1. The van der Waals surface area contributed by atoms with Gasteiger partial charge in [0.25, 0.3) is 0 Å². The number of hydrogen-bond donors (Lipinski definition) is 0. The van der Waals surface area contributed by atoms with Crippen LogP contribution in [0.4, 0.5) is 0 Å². The maximum Gasteiger partial charge on any atom is 0.304 e. The largest absolute Gasteiger partial charge is 0.447 e. The molecule has 0 heterocycles. The summed E-state index contributed by atoms with van der Waals surface area (Å²) in [4.78, 5) is 10.8. The third-order valence-electron chi connectivity index (χ3n) is 1.75. The lowest BCUT2D eigenvalue weighted by molar-refractivity contribution is -0.148. The Hall–Kier alpha value is -1.46. The van der Waals surface area contributed by atoms with E-state index in [1.165, 1.54) is 6.92 Å². The smallest absolute Gasteiger partial charge is 0.304 e. The molecule has 16 heavy (non-hydrogen) atoms. The van der Waals surface area contributed by atoms with E-state index in [0.29, 0.717) is 5.02 Å². The molecule has 0 spiro atoms. The molecule has 1 aromatic rings. The zero-order chi connectivity index (χ0) is 12.2. The van der Waals surface area contributed by atoms with Crippen LogP contribution in [0.1, 0.15) is 26.3 Å². The zero-order valence-corrected chi connectivity index (χ0v) is 10.3. The minimum atomic E-state index is -0.772. The lowest BCUT2D eigenvalue weighted by Crippen LogP contribution is -2.24. The van der Waals surface area contributed by atoms with Gasteiger partial charge in [-0.25, -0.2) is 0 Å². The molecule has 0 saturated heterocycles. The van der Waals surface area contributed by atoms with Crippen molar-refractivity contribution in [2.75, 3.05) is 0 Å². The second-order valence-electron chi connectivity index (χ2n) is 3.86. The molecule has 0 unspecified atom stereocenters. The van der Waals surface area contributed by atoms with Gasteiger partial charge in [-0.1, -0.05) is 23.4 Å². The Morgan fingerprint density at radius 1 is 1.31 bits per heavy atom. The summed E-state index contributed by atoms with van der Waals surface area (Å²) in [5, 5.41) is 0.671. The summed E-state index contributed by atoms with van der Waals surface area (Å²) in [5.74, 6) is 5.48. The van der Waals surface area contributed by atoms with Gasteiger partial charge in [0.05, 0.1) is 0 Å². The van der Waals surface area contributed by atoms with E-state index in [1.54, 1.807) is 26.0 Å². The van der Waals surface area contributed by atoms with Gasteiger partial charge in [0.2, 0.25) is 0 Å². The van der Waals surface area contributed by atoms with Crippen molar-refractivity contribution in [3.63, 3.8) is 0 Å². The Morgan fingerprint density at radius 3 is 2.38 bits per heavy atom. The van der Waals surface area contributed by atoms with Crippen LogP contribution in [0, 0.1) is 11.8 Å². The lowest BCUT2D eigenvalue weighted by atomic mass is 10.1. The van der Waals surface area contributed by atoms with Gasteiger partial charge in [-0.05, 0) is 38.1 Å². The van der Waals surface area contributed by atoms with Crippen molar-refractivity contribution in [2.24, 2.45) is 0 Å². The predicted octanol–water partition coefficient (Wildman–Crippen LogP) is 3.03. The first-order valence-electron chi connectivity index (χ1n) is 4.87. The highest BCUT2D eigenvalue weighted by molar-refractivity contribution is 6.30. The number of benzene rings is 1. The van der Waals surface area contributed by atoms with Gasteiger partial charge in [0, 0.05) is 17.5 Å². The summed E-state index contributed by atoms with van der Waals surface area (Å²) in [7, 11) is 0. The van der Waals surface area contributed by atoms with Crippen molar-refractivity contribution >= 4 is 17.6 Å². The minimum absolute atomic E-state index is 0.338. The van der Waals surface area contributed by atoms with E-state index in [0.717, 1.165) is 5.56 Å². The van der Waals surface area contributed by atoms with Crippen molar-refractivity contribution in [3.05, 3.63) is 34.9 Å². The van der Waals surface area contributed by atoms with Crippen molar-refractivity contribution in [1.82, 2.24) is 0 Å². The number of hydrogen-bond acceptors (Lipinski definition) is 2. The molecular weight excluding hydrogens is 224 g/mol. The normalized spacial score (nSPS) is 10.2. The van der Waals surface area contributed by atoms with Gasteiger partial charge >= 0.3 is 5.97 Å². The maximum absolute atomic E-state index is 10.8. The fourth-order valence-corrected chi connectivity index (χ4v) is 1.27. The Morgan fingerprint density at radius 2 is 1.88 bits per heavy atom. The fourth-order valence-electron chi connectivity index (χ4n) is 1.14. The Balaban J connectivity index is 2.80. The van der Waals surface area contributed by atoms with Crippen LogP contribution in [0.2, 0.25) is 5.02 Å². The maximum atomic E-state index is 10.8. The minimum Gasteiger partial charge on any atom is -0.447 e. The molecule has 0 atom stereocenters. The molecule has 3 heteroatoms. The first-order chi connectivity index (χ1) is 7.39. The second kappa shape index (κ2) is 5.05. The molecule has 0 N–H and O–H groups in total. The molecule has 84 valence electrons. The van der Waals surface area contributed by atoms with Gasteiger partial charge in [-0.2, -0.15) is 0 Å². The van der Waals surface area contributed by atoms with Crippen LogP contribution < -0.4 is 0 Å². The predicted molar refractivity (Wildman–Crippen MR) is 64.2 cm³/mol. The van der Waals surface area contributed by atoms with Crippen molar-refractivity contribution in [3.8, 4) is 11.8 Å². The van der Waals surface area contributed by atoms with E-state index in [1.807, 2.05) is 12.1 Å². The van der Waals surface area contributed by atoms with Crippen molar-refractivity contribution in [1.29, 1.82) is 0 Å². The Labute approximate surface area is 101 Å². The number of rotatable bonds is 1. The second-order valence-corrected chi connectivity index (χ2v) is 4.30. The Kier molecular flexibility index (Phi) is 3.98. The van der Waals surface area contributed by atoms with E-state index in [-0.39, 0.29) is 5.97 Å². The summed E-state index contributed by atoms with van der Waals surface area (Å²) in [5.41, 5.74) is 0.0653. The van der Waals surface area contributed by atoms with Crippen LogP contribution >= 0.6 is 11.6 Å². The molecular formula is C13H13ClO2.